The fourth-order valence-corrected chi connectivity index (χ4v) is 5.49. The third-order valence-electron chi connectivity index (χ3n) is 5.41. The van der Waals surface area contributed by atoms with Crippen LogP contribution in [0.25, 0.3) is 0 Å². The molecule has 2 aromatic carbocycles. The maximum Gasteiger partial charge on any atom is 0.490 e. The van der Waals surface area contributed by atoms with Gasteiger partial charge in [0, 0.05) is 29.7 Å². The Labute approximate surface area is 217 Å². The number of nitrogens with zero attached hydrogens (tertiary/aromatic N) is 2. The Morgan fingerprint density at radius 1 is 1.08 bits per heavy atom. The van der Waals surface area contributed by atoms with Crippen LogP contribution in [-0.4, -0.2) is 48.0 Å². The zero-order chi connectivity index (χ0) is 28.1. The van der Waals surface area contributed by atoms with Crippen LogP contribution in [0.5, 0.6) is 0 Å². The van der Waals surface area contributed by atoms with E-state index in [1.54, 1.807) is 11.4 Å². The number of nitrogens with one attached hydrogen (secondary N) is 1. The number of carboxylic acid groups (broad SMARTS) is 1. The minimum Gasteiger partial charge on any atom is -0.475 e. The smallest absolute Gasteiger partial charge is 0.475 e. The molecule has 0 bridgehead atoms. The maximum absolute atomic E-state index is 14.6. The third kappa shape index (κ3) is 7.68. The summed E-state index contributed by atoms with van der Waals surface area (Å²) in [6.07, 6.45) is -3.97. The van der Waals surface area contributed by atoms with Gasteiger partial charge in [-0.1, -0.05) is 12.1 Å². The van der Waals surface area contributed by atoms with E-state index >= 15 is 0 Å². The summed E-state index contributed by atoms with van der Waals surface area (Å²) < 4.78 is 104. The van der Waals surface area contributed by atoms with Gasteiger partial charge in [-0.2, -0.15) is 17.5 Å². The summed E-state index contributed by atoms with van der Waals surface area (Å²) in [7, 11) is -4.25. The predicted octanol–water partition coefficient (Wildman–Crippen LogP) is 4.99. The third-order valence-corrected chi connectivity index (χ3v) is 7.69. The van der Waals surface area contributed by atoms with Crippen LogP contribution in [0, 0.1) is 17.5 Å². The van der Waals surface area contributed by atoms with Crippen LogP contribution in [0.1, 0.15) is 23.2 Å². The van der Waals surface area contributed by atoms with Gasteiger partial charge >= 0.3 is 12.1 Å². The number of likely N-dealkylation sites (tertiary alicyclic amines) is 1. The quantitative estimate of drug-likeness (QED) is 0.362. The minimum atomic E-state index is -5.08. The molecule has 1 aliphatic rings. The van der Waals surface area contributed by atoms with E-state index in [0.29, 0.717) is 12.1 Å². The second-order valence-corrected chi connectivity index (χ2v) is 10.8. The van der Waals surface area contributed by atoms with Crippen LogP contribution in [0.4, 0.5) is 32.0 Å². The Bertz CT molecular complexity index is 1360. The summed E-state index contributed by atoms with van der Waals surface area (Å²) in [5.41, 5.74) is 1.46. The van der Waals surface area contributed by atoms with E-state index in [4.69, 9.17) is 9.90 Å². The first-order valence-electron chi connectivity index (χ1n) is 10.9. The molecular formula is C23H21F6N3O4S2. The molecule has 0 amide bonds. The lowest BCUT2D eigenvalue weighted by Crippen LogP contribution is -2.36. The molecule has 0 atom stereocenters. The van der Waals surface area contributed by atoms with Crippen LogP contribution < -0.4 is 5.32 Å². The van der Waals surface area contributed by atoms with Crippen molar-refractivity contribution in [2.75, 3.05) is 18.4 Å². The molecule has 1 aromatic heterocycles. The Hall–Kier alpha value is -3.17. The van der Waals surface area contributed by atoms with Crippen molar-refractivity contribution < 1.29 is 44.7 Å². The van der Waals surface area contributed by atoms with Crippen LogP contribution in [-0.2, 0) is 33.5 Å². The monoisotopic (exact) mass is 581 g/mol. The molecule has 0 aliphatic carbocycles. The van der Waals surface area contributed by atoms with E-state index in [1.165, 1.54) is 12.1 Å². The van der Waals surface area contributed by atoms with E-state index < -0.39 is 50.1 Å². The van der Waals surface area contributed by atoms with Crippen molar-refractivity contribution in [2.24, 2.45) is 0 Å². The first-order chi connectivity index (χ1) is 17.8. The Morgan fingerprint density at radius 3 is 2.21 bits per heavy atom. The Kier molecular flexibility index (Phi) is 9.38. The van der Waals surface area contributed by atoms with Crippen molar-refractivity contribution in [2.45, 2.75) is 36.3 Å². The maximum atomic E-state index is 14.6. The molecule has 2 heterocycles. The summed E-state index contributed by atoms with van der Waals surface area (Å²) in [6, 6.07) is 8.11. The number of sulfone groups is 1. The zero-order valence-electron chi connectivity index (χ0n) is 19.4. The van der Waals surface area contributed by atoms with Crippen molar-refractivity contribution in [1.29, 1.82) is 0 Å². The number of alkyl halides is 3. The number of aliphatic carboxylic acids is 1. The molecule has 3 aromatic rings. The second-order valence-electron chi connectivity index (χ2n) is 8.18. The molecule has 206 valence electrons. The van der Waals surface area contributed by atoms with E-state index in [1.807, 2.05) is 6.07 Å². The first-order valence-corrected chi connectivity index (χ1v) is 13.4. The van der Waals surface area contributed by atoms with Gasteiger partial charge in [0.25, 0.3) is 0 Å². The molecule has 0 saturated carbocycles. The van der Waals surface area contributed by atoms with E-state index in [-0.39, 0.29) is 17.9 Å². The molecule has 1 saturated heterocycles. The van der Waals surface area contributed by atoms with E-state index in [2.05, 4.69) is 14.6 Å². The summed E-state index contributed by atoms with van der Waals surface area (Å²) in [4.78, 5) is 10.1. The number of anilines is 1. The fourth-order valence-electron chi connectivity index (χ4n) is 3.46. The highest BCUT2D eigenvalue weighted by atomic mass is 32.2. The van der Waals surface area contributed by atoms with Crippen LogP contribution in [0.2, 0.25) is 0 Å². The molecule has 0 radical (unpaired) electrons. The average molecular weight is 582 g/mol. The number of halogens is 6. The summed E-state index contributed by atoms with van der Waals surface area (Å²) in [6.45, 7) is 2.53. The van der Waals surface area contributed by atoms with Crippen molar-refractivity contribution in [3.8, 4) is 0 Å². The lowest BCUT2D eigenvalue weighted by molar-refractivity contribution is -0.192. The zero-order valence-corrected chi connectivity index (χ0v) is 21.1. The molecule has 38 heavy (non-hydrogen) atoms. The van der Waals surface area contributed by atoms with Crippen LogP contribution in [0.3, 0.4) is 0 Å². The minimum absolute atomic E-state index is 0.0135. The van der Waals surface area contributed by atoms with Gasteiger partial charge in [0.15, 0.2) is 9.84 Å². The number of rotatable bonds is 8. The number of carboxylic acids is 1. The topological polar surface area (TPSA) is 99.6 Å². The normalized spacial score (nSPS) is 13.8. The summed E-state index contributed by atoms with van der Waals surface area (Å²) in [5.74, 6) is -6.16. The predicted molar refractivity (Wildman–Crippen MR) is 127 cm³/mol. The van der Waals surface area contributed by atoms with Gasteiger partial charge < -0.3 is 10.4 Å². The average Bonchev–Trinajstić information content (AvgIpc) is 3.27. The van der Waals surface area contributed by atoms with Crippen LogP contribution >= 0.6 is 11.5 Å². The van der Waals surface area contributed by atoms with Crippen LogP contribution in [0.15, 0.2) is 46.7 Å². The Morgan fingerprint density at radius 2 is 1.71 bits per heavy atom. The number of aromatic nitrogens is 1. The second kappa shape index (κ2) is 12.1. The molecule has 4 rings (SSSR count). The van der Waals surface area contributed by atoms with Gasteiger partial charge in [-0.25, -0.2) is 26.4 Å². The van der Waals surface area contributed by atoms with Gasteiger partial charge in [-0.05, 0) is 60.9 Å². The number of carbonyl (C=O) groups is 1. The van der Waals surface area contributed by atoms with Gasteiger partial charge in [0.05, 0.1) is 11.4 Å². The molecule has 15 heteroatoms. The highest BCUT2D eigenvalue weighted by Crippen LogP contribution is 2.27. The first kappa shape index (κ1) is 29.4. The van der Waals surface area contributed by atoms with Gasteiger partial charge in [0.1, 0.15) is 22.3 Å². The molecule has 2 N–H and O–H groups in total. The van der Waals surface area contributed by atoms with Gasteiger partial charge in [-0.3, -0.25) is 4.90 Å². The van der Waals surface area contributed by atoms with E-state index in [9.17, 15) is 34.8 Å². The number of hydrogen-bond acceptors (Lipinski definition) is 7. The number of benzene rings is 2. The van der Waals surface area contributed by atoms with Gasteiger partial charge in [-0.15, -0.1) is 0 Å². The highest BCUT2D eigenvalue weighted by Gasteiger charge is 2.38. The van der Waals surface area contributed by atoms with Crippen molar-refractivity contribution in [1.82, 2.24) is 9.27 Å². The van der Waals surface area contributed by atoms with Crippen molar-refractivity contribution in [3.63, 3.8) is 0 Å². The molecule has 0 spiro atoms. The largest absolute Gasteiger partial charge is 0.490 e. The van der Waals surface area contributed by atoms with Crippen molar-refractivity contribution in [3.05, 3.63) is 76.1 Å². The molecular weight excluding hydrogens is 560 g/mol. The summed E-state index contributed by atoms with van der Waals surface area (Å²) in [5, 5.41) is 11.5. The fraction of sp³-hybridized carbons (Fsp3) is 0.304. The molecule has 7 nitrogen and oxygen atoms in total. The lowest BCUT2D eigenvalue weighted by Gasteiger charge is -2.31. The van der Waals surface area contributed by atoms with Crippen molar-refractivity contribution >= 4 is 33.0 Å². The Balaban J connectivity index is 0.000000505. The number of hydrogen-bond donors (Lipinski definition) is 2. The highest BCUT2D eigenvalue weighted by molar-refractivity contribution is 7.90. The molecule has 1 aliphatic heterocycles. The SMILES string of the molecule is O=C(O)C(F)(F)F.O=S(=O)(Cc1ccsn1)c1c(F)cc(NCc2c(F)cccc2CN2CCC2)cc1F. The molecule has 0 unspecified atom stereocenters. The summed E-state index contributed by atoms with van der Waals surface area (Å²) >= 11 is 1.06. The standard InChI is InChI=1S/C21H20F3N3O2S2.C2HF3O2/c22-18-4-1-3-14(12-27-6-2-7-27)17(18)11-25-16-9-19(23)21(20(24)10-16)31(28,29)13-15-5-8-30-26-15;3-2(4,5)1(6)7/h1,3-5,8-10,25H,2,6-7,11-13H2;(H,6,7). The van der Waals surface area contributed by atoms with E-state index in [0.717, 1.165) is 48.7 Å². The molecule has 1 fully saturated rings. The van der Waals surface area contributed by atoms with Gasteiger partial charge in [0.2, 0.25) is 0 Å². The lowest BCUT2D eigenvalue weighted by atomic mass is 10.0.